The monoisotopic (exact) mass is 594 g/mol. The topological polar surface area (TPSA) is 30.5 Å². The molecular weight excluding hydrogens is 560 g/mol. The van der Waals surface area contributed by atoms with E-state index in [4.69, 9.17) is 0 Å². The van der Waals surface area contributed by atoms with E-state index in [-0.39, 0.29) is 0 Å². The molecule has 7 aromatic rings. The average molecular weight is 595 g/mol. The van der Waals surface area contributed by atoms with Crippen LogP contribution in [0, 0.1) is 0 Å². The number of rotatable bonds is 10. The highest BCUT2D eigenvalue weighted by molar-refractivity contribution is 5.86. The molecule has 0 amide bonds. The summed E-state index contributed by atoms with van der Waals surface area (Å²) in [5.41, 5.74) is 10.4. The molecule has 0 radical (unpaired) electrons. The molecule has 0 unspecified atom stereocenters. The lowest BCUT2D eigenvalue weighted by Crippen LogP contribution is -2.13. The minimum atomic E-state index is 0.970. The standard InChI is InChI=1S/C42H34N4/c1-6-17-33(18-7-1)43-34-19-16-20-35(29-34)44-36-30-41(45(37-21-8-2-9-22-37)38-23-10-3-11-24-38)32-42(31-36)46(39-25-12-4-13-26-39)40-27-14-5-15-28-40/h1-32,43-44H. The van der Waals surface area contributed by atoms with Gasteiger partial charge in [-0.05, 0) is 97.1 Å². The number of anilines is 10. The van der Waals surface area contributed by atoms with Crippen molar-refractivity contribution in [2.75, 3.05) is 20.4 Å². The van der Waals surface area contributed by atoms with Crippen LogP contribution < -0.4 is 20.4 Å². The first-order valence-corrected chi connectivity index (χ1v) is 15.4. The molecular formula is C42H34N4. The molecule has 0 saturated heterocycles. The average Bonchev–Trinajstić information content (AvgIpc) is 3.11. The molecule has 0 aliphatic carbocycles. The Balaban J connectivity index is 1.37. The molecule has 0 atom stereocenters. The second kappa shape index (κ2) is 13.6. The number of hydrogen-bond acceptors (Lipinski definition) is 4. The SMILES string of the molecule is c1ccc(Nc2cccc(Nc3cc(N(c4ccccc4)c4ccccc4)cc(N(c4ccccc4)c4ccccc4)c3)c2)cc1. The van der Waals surface area contributed by atoms with E-state index in [2.05, 4.69) is 196 Å². The Morgan fingerprint density at radius 1 is 0.239 bits per heavy atom. The highest BCUT2D eigenvalue weighted by Crippen LogP contribution is 2.42. The first kappa shape index (κ1) is 28.5. The van der Waals surface area contributed by atoms with Crippen LogP contribution in [0.5, 0.6) is 0 Å². The largest absolute Gasteiger partial charge is 0.355 e. The molecule has 7 rings (SSSR count). The van der Waals surface area contributed by atoms with Gasteiger partial charge in [0.15, 0.2) is 0 Å². The molecule has 0 bridgehead atoms. The molecule has 0 spiro atoms. The maximum absolute atomic E-state index is 3.73. The molecule has 4 nitrogen and oxygen atoms in total. The van der Waals surface area contributed by atoms with E-state index < -0.39 is 0 Å². The summed E-state index contributed by atoms with van der Waals surface area (Å²) >= 11 is 0. The summed E-state index contributed by atoms with van der Waals surface area (Å²) in [5.74, 6) is 0. The van der Waals surface area contributed by atoms with Crippen molar-refractivity contribution in [1.82, 2.24) is 0 Å². The molecule has 46 heavy (non-hydrogen) atoms. The van der Waals surface area contributed by atoms with Crippen LogP contribution in [0.2, 0.25) is 0 Å². The van der Waals surface area contributed by atoms with Gasteiger partial charge in [0, 0.05) is 45.5 Å². The normalized spacial score (nSPS) is 10.6. The summed E-state index contributed by atoms with van der Waals surface area (Å²) in [4.78, 5) is 4.60. The summed E-state index contributed by atoms with van der Waals surface area (Å²) in [5, 5.41) is 7.25. The molecule has 0 heterocycles. The lowest BCUT2D eigenvalue weighted by molar-refractivity contribution is 1.25. The van der Waals surface area contributed by atoms with Gasteiger partial charge in [-0.25, -0.2) is 0 Å². The predicted octanol–water partition coefficient (Wildman–Crippen LogP) is 12.1. The van der Waals surface area contributed by atoms with Crippen molar-refractivity contribution in [3.8, 4) is 0 Å². The number of hydrogen-bond donors (Lipinski definition) is 2. The van der Waals surface area contributed by atoms with Crippen molar-refractivity contribution in [2.24, 2.45) is 0 Å². The Kier molecular flexibility index (Phi) is 8.42. The zero-order chi connectivity index (χ0) is 31.0. The highest BCUT2D eigenvalue weighted by atomic mass is 15.2. The first-order chi connectivity index (χ1) is 22.8. The fourth-order valence-electron chi connectivity index (χ4n) is 5.66. The van der Waals surface area contributed by atoms with Gasteiger partial charge in [-0.1, -0.05) is 97.1 Å². The molecule has 0 saturated carbocycles. The van der Waals surface area contributed by atoms with Gasteiger partial charge in [-0.2, -0.15) is 0 Å². The van der Waals surface area contributed by atoms with Gasteiger partial charge in [0.2, 0.25) is 0 Å². The summed E-state index contributed by atoms with van der Waals surface area (Å²) in [6, 6.07) is 67.4. The van der Waals surface area contributed by atoms with Crippen LogP contribution in [0.25, 0.3) is 0 Å². The number of nitrogens with one attached hydrogen (secondary N) is 2. The fraction of sp³-hybridized carbons (Fsp3) is 0. The number of para-hydroxylation sites is 5. The number of nitrogens with zero attached hydrogens (tertiary/aromatic N) is 2. The van der Waals surface area contributed by atoms with Gasteiger partial charge in [0.25, 0.3) is 0 Å². The molecule has 7 aromatic carbocycles. The van der Waals surface area contributed by atoms with Crippen LogP contribution in [0.1, 0.15) is 0 Å². The van der Waals surface area contributed by atoms with Crippen LogP contribution in [0.4, 0.5) is 56.9 Å². The zero-order valence-electron chi connectivity index (χ0n) is 25.4. The molecule has 222 valence electrons. The van der Waals surface area contributed by atoms with Crippen LogP contribution in [0.3, 0.4) is 0 Å². The van der Waals surface area contributed by atoms with Crippen molar-refractivity contribution >= 4 is 56.9 Å². The van der Waals surface area contributed by atoms with Gasteiger partial charge in [-0.3, -0.25) is 0 Å². The lowest BCUT2D eigenvalue weighted by atomic mass is 10.1. The minimum Gasteiger partial charge on any atom is -0.355 e. The smallest absolute Gasteiger partial charge is 0.0503 e. The third-order valence-corrected chi connectivity index (χ3v) is 7.69. The molecule has 0 aliphatic rings. The van der Waals surface area contributed by atoms with Crippen molar-refractivity contribution in [3.63, 3.8) is 0 Å². The third-order valence-electron chi connectivity index (χ3n) is 7.69. The zero-order valence-corrected chi connectivity index (χ0v) is 25.4. The van der Waals surface area contributed by atoms with Gasteiger partial charge in [0.05, 0.1) is 11.4 Å². The van der Waals surface area contributed by atoms with E-state index in [1.54, 1.807) is 0 Å². The maximum Gasteiger partial charge on any atom is 0.0503 e. The Morgan fingerprint density at radius 3 is 0.957 bits per heavy atom. The van der Waals surface area contributed by atoms with E-state index in [0.29, 0.717) is 0 Å². The molecule has 0 fully saturated rings. The summed E-state index contributed by atoms with van der Waals surface area (Å²) < 4.78 is 0. The van der Waals surface area contributed by atoms with E-state index in [9.17, 15) is 0 Å². The second-order valence-corrected chi connectivity index (χ2v) is 10.9. The van der Waals surface area contributed by atoms with Crippen LogP contribution >= 0.6 is 0 Å². The minimum absolute atomic E-state index is 0.970. The van der Waals surface area contributed by atoms with Gasteiger partial charge in [-0.15, -0.1) is 0 Å². The van der Waals surface area contributed by atoms with Crippen molar-refractivity contribution in [3.05, 3.63) is 194 Å². The Hall–Kier alpha value is -6.26. The molecule has 2 N–H and O–H groups in total. The summed E-state index contributed by atoms with van der Waals surface area (Å²) in [6.07, 6.45) is 0. The van der Waals surface area contributed by atoms with Crippen molar-refractivity contribution in [1.29, 1.82) is 0 Å². The molecule has 0 aliphatic heterocycles. The maximum atomic E-state index is 3.73. The predicted molar refractivity (Wildman–Crippen MR) is 195 cm³/mol. The van der Waals surface area contributed by atoms with Gasteiger partial charge < -0.3 is 20.4 Å². The number of benzene rings is 7. The van der Waals surface area contributed by atoms with E-state index >= 15 is 0 Å². The fourth-order valence-corrected chi connectivity index (χ4v) is 5.66. The quantitative estimate of drug-likeness (QED) is 0.165. The van der Waals surface area contributed by atoms with Crippen LogP contribution in [-0.4, -0.2) is 0 Å². The first-order valence-electron chi connectivity index (χ1n) is 15.4. The highest BCUT2D eigenvalue weighted by Gasteiger charge is 2.18. The van der Waals surface area contributed by atoms with Crippen LogP contribution in [-0.2, 0) is 0 Å². The van der Waals surface area contributed by atoms with Crippen molar-refractivity contribution < 1.29 is 0 Å². The van der Waals surface area contributed by atoms with E-state index in [1.165, 1.54) is 0 Å². The molecule has 4 heteroatoms. The Labute approximate surface area is 270 Å². The van der Waals surface area contributed by atoms with Crippen molar-refractivity contribution in [2.45, 2.75) is 0 Å². The molecule has 0 aromatic heterocycles. The third kappa shape index (κ3) is 6.62. The second-order valence-electron chi connectivity index (χ2n) is 10.9. The summed E-state index contributed by atoms with van der Waals surface area (Å²) in [6.45, 7) is 0. The van der Waals surface area contributed by atoms with Gasteiger partial charge >= 0.3 is 0 Å². The van der Waals surface area contributed by atoms with E-state index in [1.807, 2.05) is 18.2 Å². The Bertz CT molecular complexity index is 1800. The van der Waals surface area contributed by atoms with Gasteiger partial charge in [0.1, 0.15) is 0 Å². The Morgan fingerprint density at radius 2 is 0.565 bits per heavy atom. The lowest BCUT2D eigenvalue weighted by Gasteiger charge is -2.30. The van der Waals surface area contributed by atoms with Crippen LogP contribution in [0.15, 0.2) is 194 Å². The summed E-state index contributed by atoms with van der Waals surface area (Å²) in [7, 11) is 0. The van der Waals surface area contributed by atoms with E-state index in [0.717, 1.165) is 56.9 Å².